The Labute approximate surface area is 168 Å². The van der Waals surface area contributed by atoms with Crippen LogP contribution in [0.3, 0.4) is 0 Å². The first-order chi connectivity index (χ1) is 14.1. The number of nitro benzene ring substituents is 1. The summed E-state index contributed by atoms with van der Waals surface area (Å²) in [7, 11) is 1.53. The number of benzene rings is 2. The number of aryl methyl sites for hydroxylation is 1. The Kier molecular flexibility index (Phi) is 5.22. The number of nitrogens with zero attached hydrogens (tertiary/aromatic N) is 3. The van der Waals surface area contributed by atoms with Crippen LogP contribution in [0.25, 0.3) is 0 Å². The van der Waals surface area contributed by atoms with Gasteiger partial charge in [-0.3, -0.25) is 15.0 Å². The molecule has 0 amide bonds. The molecule has 1 atom stereocenters. The fourth-order valence-corrected chi connectivity index (χ4v) is 4.08. The predicted molar refractivity (Wildman–Crippen MR) is 109 cm³/mol. The average Bonchev–Trinajstić information content (AvgIpc) is 3.11. The lowest BCUT2D eigenvalue weighted by molar-refractivity contribution is -0.384. The Morgan fingerprint density at radius 1 is 1.17 bits per heavy atom. The zero-order chi connectivity index (χ0) is 20.4. The molecule has 1 aliphatic heterocycles. The summed E-state index contributed by atoms with van der Waals surface area (Å²) in [5.41, 5.74) is 2.79. The molecular formula is C22H23N3O4. The van der Waals surface area contributed by atoms with E-state index < -0.39 is 0 Å². The van der Waals surface area contributed by atoms with Crippen molar-refractivity contribution in [3.63, 3.8) is 0 Å². The van der Waals surface area contributed by atoms with Crippen molar-refractivity contribution in [2.45, 2.75) is 25.6 Å². The van der Waals surface area contributed by atoms with Crippen molar-refractivity contribution in [1.82, 2.24) is 9.47 Å². The maximum absolute atomic E-state index is 11.3. The highest BCUT2D eigenvalue weighted by molar-refractivity contribution is 5.46. The number of non-ortho nitro benzene ring substituents is 1. The van der Waals surface area contributed by atoms with Crippen LogP contribution >= 0.6 is 0 Å². The third kappa shape index (κ3) is 3.69. The van der Waals surface area contributed by atoms with Crippen LogP contribution in [0.15, 0.2) is 60.8 Å². The van der Waals surface area contributed by atoms with E-state index in [2.05, 4.69) is 15.5 Å². The molecule has 1 N–H and O–H groups in total. The van der Waals surface area contributed by atoms with Crippen LogP contribution in [0.2, 0.25) is 0 Å². The van der Waals surface area contributed by atoms with Crippen LogP contribution in [0, 0.1) is 10.1 Å². The van der Waals surface area contributed by atoms with Gasteiger partial charge in [0.25, 0.3) is 5.69 Å². The van der Waals surface area contributed by atoms with Gasteiger partial charge in [-0.05, 0) is 30.2 Å². The molecule has 3 aromatic rings. The zero-order valence-electron chi connectivity index (χ0n) is 16.2. The predicted octanol–water partition coefficient (Wildman–Crippen LogP) is 4.11. The van der Waals surface area contributed by atoms with Gasteiger partial charge in [-0.2, -0.15) is 0 Å². The van der Waals surface area contributed by atoms with Crippen LogP contribution in [0.1, 0.15) is 29.3 Å². The molecule has 2 aromatic carbocycles. The van der Waals surface area contributed by atoms with Gasteiger partial charge in [-0.15, -0.1) is 0 Å². The lowest BCUT2D eigenvalue weighted by Crippen LogP contribution is -2.29. The first-order valence-corrected chi connectivity index (χ1v) is 9.57. The number of aromatic nitrogens is 1. The molecule has 0 saturated heterocycles. The topological polar surface area (TPSA) is 80.8 Å². The molecule has 1 aliphatic rings. The van der Waals surface area contributed by atoms with Gasteiger partial charge in [-0.1, -0.05) is 24.3 Å². The molecule has 0 unspecified atom stereocenters. The van der Waals surface area contributed by atoms with Crippen molar-refractivity contribution >= 4 is 5.69 Å². The molecule has 0 saturated carbocycles. The van der Waals surface area contributed by atoms with Crippen LogP contribution in [-0.2, 0) is 13.1 Å². The molecule has 150 valence electrons. The summed E-state index contributed by atoms with van der Waals surface area (Å²) in [5.74, 6) is 0.569. The monoisotopic (exact) mass is 393 g/mol. The Morgan fingerprint density at radius 2 is 2.00 bits per heavy atom. The normalized spacial score (nSPS) is 16.8. The number of para-hydroxylation sites is 1. The summed E-state index contributed by atoms with van der Waals surface area (Å²) in [6, 6.07) is 16.2. The van der Waals surface area contributed by atoms with Gasteiger partial charge >= 0.3 is 0 Å². The minimum absolute atomic E-state index is 0.0778. The molecule has 7 nitrogen and oxygen atoms in total. The number of phenols is 1. The van der Waals surface area contributed by atoms with E-state index in [1.54, 1.807) is 18.2 Å². The molecule has 0 radical (unpaired) electrons. The Balaban J connectivity index is 1.77. The van der Waals surface area contributed by atoms with Gasteiger partial charge in [-0.25, -0.2) is 0 Å². The number of nitro groups is 1. The lowest BCUT2D eigenvalue weighted by atomic mass is 10.00. The zero-order valence-corrected chi connectivity index (χ0v) is 16.2. The summed E-state index contributed by atoms with van der Waals surface area (Å²) in [6.45, 7) is 2.18. The second-order valence-electron chi connectivity index (χ2n) is 7.17. The summed E-state index contributed by atoms with van der Waals surface area (Å²) in [4.78, 5) is 13.2. The first-order valence-electron chi connectivity index (χ1n) is 9.57. The van der Waals surface area contributed by atoms with Gasteiger partial charge in [0.2, 0.25) is 0 Å². The van der Waals surface area contributed by atoms with Crippen molar-refractivity contribution in [2.75, 3.05) is 13.7 Å². The number of ether oxygens (including phenoxy) is 1. The second kappa shape index (κ2) is 7.97. The largest absolute Gasteiger partial charge is 0.504 e. The van der Waals surface area contributed by atoms with E-state index in [1.165, 1.54) is 13.2 Å². The van der Waals surface area contributed by atoms with Gasteiger partial charge in [0.1, 0.15) is 0 Å². The average molecular weight is 393 g/mol. The van der Waals surface area contributed by atoms with Crippen LogP contribution in [0.5, 0.6) is 11.5 Å². The van der Waals surface area contributed by atoms with E-state index in [0.29, 0.717) is 12.3 Å². The minimum Gasteiger partial charge on any atom is -0.504 e. The Morgan fingerprint density at radius 3 is 2.79 bits per heavy atom. The van der Waals surface area contributed by atoms with E-state index >= 15 is 0 Å². The SMILES string of the molecule is COc1cccc(CN2CCCn3cccc3[C@H]2c2cccc([N+](=O)[O-])c2)c1O. The van der Waals surface area contributed by atoms with E-state index in [4.69, 9.17) is 4.74 Å². The quantitative estimate of drug-likeness (QED) is 0.521. The fourth-order valence-electron chi connectivity index (χ4n) is 4.08. The number of rotatable bonds is 5. The van der Waals surface area contributed by atoms with E-state index in [0.717, 1.165) is 36.3 Å². The molecular weight excluding hydrogens is 370 g/mol. The van der Waals surface area contributed by atoms with Gasteiger partial charge in [0, 0.05) is 49.2 Å². The van der Waals surface area contributed by atoms with Gasteiger partial charge in [0.15, 0.2) is 11.5 Å². The van der Waals surface area contributed by atoms with Gasteiger partial charge < -0.3 is 14.4 Å². The summed E-state index contributed by atoms with van der Waals surface area (Å²) in [5, 5.41) is 21.9. The number of hydrogen-bond acceptors (Lipinski definition) is 5. The highest BCUT2D eigenvalue weighted by Crippen LogP contribution is 2.37. The van der Waals surface area contributed by atoms with Crippen molar-refractivity contribution in [1.29, 1.82) is 0 Å². The molecule has 0 bridgehead atoms. The Bertz CT molecular complexity index is 1030. The third-order valence-corrected chi connectivity index (χ3v) is 5.43. The number of phenolic OH excluding ortho intramolecular Hbond substituents is 1. The van der Waals surface area contributed by atoms with Crippen LogP contribution in [-0.4, -0.2) is 33.2 Å². The number of fused-ring (bicyclic) bond motifs is 1. The highest BCUT2D eigenvalue weighted by Gasteiger charge is 2.29. The minimum atomic E-state index is -0.364. The van der Waals surface area contributed by atoms with E-state index in [9.17, 15) is 15.2 Å². The van der Waals surface area contributed by atoms with Crippen molar-refractivity contribution < 1.29 is 14.8 Å². The highest BCUT2D eigenvalue weighted by atomic mass is 16.6. The molecule has 29 heavy (non-hydrogen) atoms. The molecule has 4 rings (SSSR count). The van der Waals surface area contributed by atoms with Crippen molar-refractivity contribution in [2.24, 2.45) is 0 Å². The van der Waals surface area contributed by atoms with Gasteiger partial charge in [0.05, 0.1) is 18.1 Å². The maximum Gasteiger partial charge on any atom is 0.269 e. The lowest BCUT2D eigenvalue weighted by Gasteiger charge is -2.31. The molecule has 7 heteroatoms. The van der Waals surface area contributed by atoms with E-state index in [-0.39, 0.29) is 22.4 Å². The summed E-state index contributed by atoms with van der Waals surface area (Å²) < 4.78 is 7.45. The standard InChI is InChI=1S/C22H23N3O4/c1-29-20-10-3-7-17(22(20)26)15-24-13-5-12-23-11-4-9-19(23)21(24)16-6-2-8-18(14-16)25(27)28/h2-4,6-11,14,21,26H,5,12-13,15H2,1H3/t21-/m1/s1. The summed E-state index contributed by atoms with van der Waals surface area (Å²) >= 11 is 0. The fraction of sp³-hybridized carbons (Fsp3) is 0.273. The summed E-state index contributed by atoms with van der Waals surface area (Å²) in [6.07, 6.45) is 2.99. The number of methoxy groups -OCH3 is 1. The maximum atomic E-state index is 11.3. The molecule has 0 aliphatic carbocycles. The van der Waals surface area contributed by atoms with Crippen molar-refractivity contribution in [3.8, 4) is 11.5 Å². The van der Waals surface area contributed by atoms with Crippen LogP contribution < -0.4 is 4.74 Å². The molecule has 0 fully saturated rings. The molecule has 1 aromatic heterocycles. The number of aromatic hydroxyl groups is 1. The Hall–Kier alpha value is -3.32. The smallest absolute Gasteiger partial charge is 0.269 e. The first kappa shape index (κ1) is 19.0. The number of hydrogen-bond donors (Lipinski definition) is 1. The third-order valence-electron chi connectivity index (χ3n) is 5.43. The second-order valence-corrected chi connectivity index (χ2v) is 7.17. The van der Waals surface area contributed by atoms with Crippen molar-refractivity contribution in [3.05, 3.63) is 87.7 Å². The molecule has 2 heterocycles. The molecule has 0 spiro atoms. The van der Waals surface area contributed by atoms with E-state index in [1.807, 2.05) is 30.5 Å². The van der Waals surface area contributed by atoms with Crippen LogP contribution in [0.4, 0.5) is 5.69 Å².